The van der Waals surface area contributed by atoms with Crippen LogP contribution in [-0.2, 0) is 0 Å². The molecule has 20 heavy (non-hydrogen) atoms. The van der Waals surface area contributed by atoms with Gasteiger partial charge in [0.2, 0.25) is 5.95 Å². The zero-order valence-corrected chi connectivity index (χ0v) is 12.7. The van der Waals surface area contributed by atoms with Crippen LogP contribution in [0.4, 0.5) is 5.95 Å². The Hall–Kier alpha value is -2.08. The maximum atomic E-state index is 6.02. The van der Waals surface area contributed by atoms with Gasteiger partial charge in [-0.25, -0.2) is 9.97 Å². The van der Waals surface area contributed by atoms with E-state index in [9.17, 15) is 0 Å². The van der Waals surface area contributed by atoms with Crippen LogP contribution in [0.3, 0.4) is 0 Å². The monoisotopic (exact) mass is 332 g/mol. The number of halogens is 1. The van der Waals surface area contributed by atoms with Gasteiger partial charge in [-0.1, -0.05) is 0 Å². The van der Waals surface area contributed by atoms with Crippen LogP contribution in [0, 0.1) is 6.92 Å². The molecule has 0 unspecified atom stereocenters. The van der Waals surface area contributed by atoms with Gasteiger partial charge in [-0.15, -0.1) is 0 Å². The molecular weight excluding hydrogens is 320 g/mol. The highest BCUT2D eigenvalue weighted by Crippen LogP contribution is 2.29. The quantitative estimate of drug-likeness (QED) is 0.783. The average molecular weight is 333 g/mol. The molecule has 0 aliphatic carbocycles. The standard InChI is InChI=1S/C14H13BrN4O/c1-8-3-5-11-13(17-8)19(14(16)18-11)9-4-6-12(20-2)10(15)7-9/h3-7H,1-2H3,(H2,16,18). The van der Waals surface area contributed by atoms with Crippen LogP contribution in [0.5, 0.6) is 5.75 Å². The molecule has 0 saturated heterocycles. The fraction of sp³-hybridized carbons (Fsp3) is 0.143. The molecule has 0 atom stereocenters. The van der Waals surface area contributed by atoms with Gasteiger partial charge >= 0.3 is 0 Å². The summed E-state index contributed by atoms with van der Waals surface area (Å²) in [5.41, 5.74) is 9.36. The third kappa shape index (κ3) is 2.02. The lowest BCUT2D eigenvalue weighted by atomic mass is 10.3. The van der Waals surface area contributed by atoms with Crippen molar-refractivity contribution in [2.45, 2.75) is 6.92 Å². The minimum Gasteiger partial charge on any atom is -0.496 e. The largest absolute Gasteiger partial charge is 0.496 e. The SMILES string of the molecule is COc1ccc(-n2c(N)nc3ccc(C)nc32)cc1Br. The van der Waals surface area contributed by atoms with Gasteiger partial charge < -0.3 is 10.5 Å². The van der Waals surface area contributed by atoms with Crippen molar-refractivity contribution in [3.63, 3.8) is 0 Å². The van der Waals surface area contributed by atoms with Crippen molar-refractivity contribution >= 4 is 33.0 Å². The molecule has 0 aliphatic heterocycles. The number of rotatable bonds is 2. The average Bonchev–Trinajstić information content (AvgIpc) is 2.74. The van der Waals surface area contributed by atoms with E-state index in [-0.39, 0.29) is 0 Å². The van der Waals surface area contributed by atoms with Crippen LogP contribution < -0.4 is 10.5 Å². The number of aryl methyl sites for hydroxylation is 1. The molecule has 0 radical (unpaired) electrons. The number of fused-ring (bicyclic) bond motifs is 1. The minimum atomic E-state index is 0.412. The van der Waals surface area contributed by atoms with E-state index in [4.69, 9.17) is 10.5 Å². The van der Waals surface area contributed by atoms with E-state index in [0.717, 1.165) is 32.8 Å². The Morgan fingerprint density at radius 2 is 2.00 bits per heavy atom. The number of nitrogens with two attached hydrogens (primary N) is 1. The Kier molecular flexibility index (Phi) is 3.10. The van der Waals surface area contributed by atoms with Crippen molar-refractivity contribution < 1.29 is 4.74 Å². The van der Waals surface area contributed by atoms with Crippen molar-refractivity contribution in [1.82, 2.24) is 14.5 Å². The number of imidazole rings is 1. The van der Waals surface area contributed by atoms with Crippen molar-refractivity contribution in [3.8, 4) is 11.4 Å². The van der Waals surface area contributed by atoms with E-state index in [0.29, 0.717) is 5.95 Å². The second-order valence-electron chi connectivity index (χ2n) is 4.42. The summed E-state index contributed by atoms with van der Waals surface area (Å²) in [5.74, 6) is 1.18. The molecule has 0 amide bonds. The first kappa shape index (κ1) is 12.9. The highest BCUT2D eigenvalue weighted by molar-refractivity contribution is 9.10. The zero-order valence-electron chi connectivity index (χ0n) is 11.1. The topological polar surface area (TPSA) is 66.0 Å². The van der Waals surface area contributed by atoms with Gasteiger partial charge in [0, 0.05) is 5.69 Å². The van der Waals surface area contributed by atoms with Crippen molar-refractivity contribution in [3.05, 3.63) is 40.5 Å². The lowest BCUT2D eigenvalue weighted by molar-refractivity contribution is 0.412. The van der Waals surface area contributed by atoms with Gasteiger partial charge in [-0.2, -0.15) is 0 Å². The summed E-state index contributed by atoms with van der Waals surface area (Å²) in [6.07, 6.45) is 0. The summed E-state index contributed by atoms with van der Waals surface area (Å²) in [5, 5.41) is 0. The molecule has 2 N–H and O–H groups in total. The Morgan fingerprint density at radius 3 is 2.70 bits per heavy atom. The number of nitrogen functional groups attached to an aromatic ring is 1. The van der Waals surface area contributed by atoms with Crippen molar-refractivity contribution in [1.29, 1.82) is 0 Å². The van der Waals surface area contributed by atoms with Crippen LogP contribution in [0.25, 0.3) is 16.9 Å². The van der Waals surface area contributed by atoms with Gasteiger partial charge in [0.1, 0.15) is 11.3 Å². The van der Waals surface area contributed by atoms with E-state index in [1.807, 2.05) is 41.8 Å². The highest BCUT2D eigenvalue weighted by atomic mass is 79.9. The maximum absolute atomic E-state index is 6.02. The first-order valence-corrected chi connectivity index (χ1v) is 6.85. The summed E-state index contributed by atoms with van der Waals surface area (Å²) in [6.45, 7) is 1.94. The molecule has 3 aromatic rings. The number of hydrogen-bond acceptors (Lipinski definition) is 4. The predicted octanol–water partition coefficient (Wildman–Crippen LogP) is 3.08. The van der Waals surface area contributed by atoms with Gasteiger partial charge in [0.15, 0.2) is 5.65 Å². The lowest BCUT2D eigenvalue weighted by Gasteiger charge is -2.09. The van der Waals surface area contributed by atoms with E-state index in [1.54, 1.807) is 7.11 Å². The van der Waals surface area contributed by atoms with Gasteiger partial charge in [0.25, 0.3) is 0 Å². The fourth-order valence-electron chi connectivity index (χ4n) is 2.12. The van der Waals surface area contributed by atoms with Crippen LogP contribution >= 0.6 is 15.9 Å². The minimum absolute atomic E-state index is 0.412. The van der Waals surface area contributed by atoms with Crippen LogP contribution in [0.2, 0.25) is 0 Å². The number of anilines is 1. The normalized spacial score (nSPS) is 10.9. The number of aromatic nitrogens is 3. The number of ether oxygens (including phenoxy) is 1. The molecule has 5 nitrogen and oxygen atoms in total. The fourth-order valence-corrected chi connectivity index (χ4v) is 2.65. The third-order valence-electron chi connectivity index (χ3n) is 3.06. The first-order chi connectivity index (χ1) is 9.60. The number of methoxy groups -OCH3 is 1. The number of hydrogen-bond donors (Lipinski definition) is 1. The van der Waals surface area contributed by atoms with E-state index in [1.165, 1.54) is 0 Å². The first-order valence-electron chi connectivity index (χ1n) is 6.05. The molecule has 0 saturated carbocycles. The Labute approximate surface area is 124 Å². The number of benzene rings is 1. The molecule has 1 aromatic carbocycles. The smallest absolute Gasteiger partial charge is 0.207 e. The molecule has 6 heteroatoms. The van der Waals surface area contributed by atoms with Gasteiger partial charge in [-0.05, 0) is 53.2 Å². The summed E-state index contributed by atoms with van der Waals surface area (Å²) >= 11 is 3.48. The zero-order chi connectivity index (χ0) is 14.3. The van der Waals surface area contributed by atoms with Gasteiger partial charge in [0.05, 0.1) is 17.3 Å². The highest BCUT2D eigenvalue weighted by Gasteiger charge is 2.12. The molecule has 3 rings (SSSR count). The predicted molar refractivity (Wildman–Crippen MR) is 82.3 cm³/mol. The van der Waals surface area contributed by atoms with Crippen LogP contribution in [-0.4, -0.2) is 21.6 Å². The summed E-state index contributed by atoms with van der Waals surface area (Å²) in [6, 6.07) is 9.57. The third-order valence-corrected chi connectivity index (χ3v) is 3.68. The maximum Gasteiger partial charge on any atom is 0.207 e. The summed E-state index contributed by atoms with van der Waals surface area (Å²) in [4.78, 5) is 8.85. The van der Waals surface area contributed by atoms with Crippen molar-refractivity contribution in [2.24, 2.45) is 0 Å². The number of nitrogens with zero attached hydrogens (tertiary/aromatic N) is 3. The molecular formula is C14H13BrN4O. The second-order valence-corrected chi connectivity index (χ2v) is 5.27. The molecule has 0 aliphatic rings. The Bertz CT molecular complexity index is 797. The molecule has 102 valence electrons. The lowest BCUT2D eigenvalue weighted by Crippen LogP contribution is -2.02. The molecule has 2 aromatic heterocycles. The molecule has 0 spiro atoms. The Balaban J connectivity index is 2.26. The summed E-state index contributed by atoms with van der Waals surface area (Å²) in [7, 11) is 1.63. The van der Waals surface area contributed by atoms with Crippen LogP contribution in [0.15, 0.2) is 34.8 Å². The van der Waals surface area contributed by atoms with E-state index >= 15 is 0 Å². The second kappa shape index (κ2) is 4.79. The van der Waals surface area contributed by atoms with E-state index in [2.05, 4.69) is 25.9 Å². The Morgan fingerprint density at radius 1 is 1.20 bits per heavy atom. The molecule has 0 fully saturated rings. The van der Waals surface area contributed by atoms with Crippen LogP contribution in [0.1, 0.15) is 5.69 Å². The molecule has 2 heterocycles. The van der Waals surface area contributed by atoms with E-state index < -0.39 is 0 Å². The summed E-state index contributed by atoms with van der Waals surface area (Å²) < 4.78 is 7.91. The molecule has 0 bridgehead atoms. The van der Waals surface area contributed by atoms with Gasteiger partial charge in [-0.3, -0.25) is 4.57 Å². The van der Waals surface area contributed by atoms with Crippen molar-refractivity contribution in [2.75, 3.05) is 12.8 Å². The number of pyridine rings is 1.